The fourth-order valence-electron chi connectivity index (χ4n) is 3.31. The molecule has 0 unspecified atom stereocenters. The van der Waals surface area contributed by atoms with Gasteiger partial charge < -0.3 is 0 Å². The Kier molecular flexibility index (Phi) is 5.13. The summed E-state index contributed by atoms with van der Waals surface area (Å²) in [4.78, 5) is 0. The van der Waals surface area contributed by atoms with Crippen LogP contribution in [0.2, 0.25) is 0 Å². The third-order valence-electron chi connectivity index (χ3n) is 4.62. The number of allylic oxidation sites excluding steroid dienone is 1. The molecule has 116 valence electrons. The van der Waals surface area contributed by atoms with Gasteiger partial charge in [-0.15, -0.1) is 0 Å². The molecule has 1 aliphatic carbocycles. The van der Waals surface area contributed by atoms with E-state index in [1.165, 1.54) is 31.2 Å². The van der Waals surface area contributed by atoms with Crippen LogP contribution in [0.25, 0.3) is 5.57 Å². The van der Waals surface area contributed by atoms with Crippen LogP contribution in [0.4, 0.5) is 13.2 Å². The summed E-state index contributed by atoms with van der Waals surface area (Å²) in [6.45, 7) is 5.36. The molecular formula is C18H23F3. The van der Waals surface area contributed by atoms with E-state index in [-0.39, 0.29) is 5.56 Å². The van der Waals surface area contributed by atoms with Crippen LogP contribution in [0.3, 0.4) is 0 Å². The summed E-state index contributed by atoms with van der Waals surface area (Å²) in [5.41, 5.74) is 0.579. The van der Waals surface area contributed by atoms with E-state index in [4.69, 9.17) is 0 Å². The first kappa shape index (κ1) is 16.1. The third kappa shape index (κ3) is 4.12. The lowest BCUT2D eigenvalue weighted by Crippen LogP contribution is -2.13. The van der Waals surface area contributed by atoms with Crippen molar-refractivity contribution in [2.75, 3.05) is 0 Å². The van der Waals surface area contributed by atoms with Crippen molar-refractivity contribution in [1.29, 1.82) is 0 Å². The summed E-state index contributed by atoms with van der Waals surface area (Å²) in [7, 11) is 0. The van der Waals surface area contributed by atoms with Gasteiger partial charge >= 0.3 is 6.18 Å². The predicted molar refractivity (Wildman–Crippen MR) is 81.1 cm³/mol. The molecule has 1 aromatic carbocycles. The van der Waals surface area contributed by atoms with E-state index in [1.807, 2.05) is 12.1 Å². The Morgan fingerprint density at radius 1 is 1.10 bits per heavy atom. The molecule has 2 rings (SSSR count). The maximum atomic E-state index is 12.6. The molecule has 1 aromatic rings. The van der Waals surface area contributed by atoms with Crippen LogP contribution >= 0.6 is 0 Å². The maximum Gasteiger partial charge on any atom is 0.416 e. The van der Waals surface area contributed by atoms with Crippen molar-refractivity contribution in [2.24, 2.45) is 5.92 Å². The van der Waals surface area contributed by atoms with E-state index >= 15 is 0 Å². The van der Waals surface area contributed by atoms with Gasteiger partial charge in [-0.05, 0) is 48.6 Å². The van der Waals surface area contributed by atoms with Crippen molar-refractivity contribution in [3.8, 4) is 0 Å². The van der Waals surface area contributed by atoms with Gasteiger partial charge in [0.2, 0.25) is 0 Å². The van der Waals surface area contributed by atoms with Crippen LogP contribution in [0.5, 0.6) is 0 Å². The highest BCUT2D eigenvalue weighted by Crippen LogP contribution is 2.38. The van der Waals surface area contributed by atoms with Gasteiger partial charge in [0.1, 0.15) is 0 Å². The highest BCUT2D eigenvalue weighted by Gasteiger charge is 2.32. The van der Waals surface area contributed by atoms with Gasteiger partial charge in [-0.2, -0.15) is 13.2 Å². The Hall–Kier alpha value is -1.25. The van der Waals surface area contributed by atoms with E-state index in [0.29, 0.717) is 5.92 Å². The Morgan fingerprint density at radius 3 is 2.14 bits per heavy atom. The van der Waals surface area contributed by atoms with Crippen molar-refractivity contribution in [3.05, 3.63) is 42.0 Å². The summed E-state index contributed by atoms with van der Waals surface area (Å²) in [5.74, 6) is 1.35. The summed E-state index contributed by atoms with van der Waals surface area (Å²) < 4.78 is 37.8. The molecular weight excluding hydrogens is 273 g/mol. The molecule has 0 N–H and O–H groups in total. The molecule has 0 amide bonds. The molecule has 0 aliphatic heterocycles. The van der Waals surface area contributed by atoms with E-state index in [2.05, 4.69) is 13.5 Å². The van der Waals surface area contributed by atoms with Gasteiger partial charge in [-0.1, -0.05) is 50.6 Å². The van der Waals surface area contributed by atoms with Crippen molar-refractivity contribution < 1.29 is 13.2 Å². The molecule has 1 saturated carbocycles. The Balaban J connectivity index is 1.99. The van der Waals surface area contributed by atoms with Crippen LogP contribution in [0, 0.1) is 5.92 Å². The second-order valence-electron chi connectivity index (χ2n) is 6.10. The lowest BCUT2D eigenvalue weighted by molar-refractivity contribution is -0.0686. The number of halogens is 3. The SMILES string of the molecule is C=C(c1ccc(C2CCC(CCC)CC2)cc1)C(F)(F)F. The Bertz CT molecular complexity index is 462. The molecule has 21 heavy (non-hydrogen) atoms. The zero-order valence-electron chi connectivity index (χ0n) is 12.5. The molecule has 3 heteroatoms. The molecule has 0 heterocycles. The van der Waals surface area contributed by atoms with Gasteiger partial charge in [-0.25, -0.2) is 0 Å². The Labute approximate surface area is 125 Å². The van der Waals surface area contributed by atoms with E-state index in [9.17, 15) is 13.2 Å². The fourth-order valence-corrected chi connectivity index (χ4v) is 3.31. The third-order valence-corrected chi connectivity index (χ3v) is 4.62. The Morgan fingerprint density at radius 2 is 1.67 bits per heavy atom. The number of rotatable bonds is 4. The molecule has 0 aromatic heterocycles. The average Bonchev–Trinajstić information content (AvgIpc) is 2.47. The lowest BCUT2D eigenvalue weighted by Gasteiger charge is -2.28. The van der Waals surface area contributed by atoms with Crippen LogP contribution in [0.1, 0.15) is 62.5 Å². The van der Waals surface area contributed by atoms with E-state index in [0.717, 1.165) is 18.8 Å². The molecule has 0 atom stereocenters. The normalized spacial score (nSPS) is 23.0. The van der Waals surface area contributed by atoms with Crippen LogP contribution < -0.4 is 0 Å². The summed E-state index contributed by atoms with van der Waals surface area (Å²) in [6, 6.07) is 6.81. The molecule has 1 fully saturated rings. The highest BCUT2D eigenvalue weighted by molar-refractivity contribution is 5.67. The van der Waals surface area contributed by atoms with Crippen molar-refractivity contribution in [1.82, 2.24) is 0 Å². The first-order valence-corrected chi connectivity index (χ1v) is 7.78. The van der Waals surface area contributed by atoms with Crippen molar-refractivity contribution >= 4 is 5.57 Å². The lowest BCUT2D eigenvalue weighted by atomic mass is 9.77. The minimum absolute atomic E-state index is 0.172. The second-order valence-corrected chi connectivity index (χ2v) is 6.10. The summed E-state index contributed by atoms with van der Waals surface area (Å²) >= 11 is 0. The molecule has 0 nitrogen and oxygen atoms in total. The smallest absolute Gasteiger partial charge is 0.166 e. The van der Waals surface area contributed by atoms with Crippen molar-refractivity contribution in [3.63, 3.8) is 0 Å². The van der Waals surface area contributed by atoms with Gasteiger partial charge in [0.05, 0.1) is 5.57 Å². The zero-order chi connectivity index (χ0) is 15.5. The fraction of sp³-hybridized carbons (Fsp3) is 0.556. The molecule has 0 radical (unpaired) electrons. The first-order valence-electron chi connectivity index (χ1n) is 7.78. The number of benzene rings is 1. The van der Waals surface area contributed by atoms with Gasteiger partial charge in [-0.3, -0.25) is 0 Å². The largest absolute Gasteiger partial charge is 0.416 e. The van der Waals surface area contributed by atoms with Gasteiger partial charge in [0.15, 0.2) is 0 Å². The topological polar surface area (TPSA) is 0 Å². The summed E-state index contributed by atoms with van der Waals surface area (Å²) in [5, 5.41) is 0. The van der Waals surface area contributed by atoms with Gasteiger partial charge in [0.25, 0.3) is 0 Å². The second kappa shape index (κ2) is 6.67. The minimum Gasteiger partial charge on any atom is -0.166 e. The first-order chi connectivity index (χ1) is 9.91. The van der Waals surface area contributed by atoms with Crippen LogP contribution in [-0.2, 0) is 0 Å². The quantitative estimate of drug-likeness (QED) is 0.608. The van der Waals surface area contributed by atoms with Crippen molar-refractivity contribution in [2.45, 2.75) is 57.5 Å². The van der Waals surface area contributed by atoms with Crippen LogP contribution in [0.15, 0.2) is 30.8 Å². The monoisotopic (exact) mass is 296 g/mol. The standard InChI is InChI=1S/C18H23F3/c1-3-4-14-5-7-16(8-6-14)17-11-9-15(10-12-17)13(2)18(19,20)21/h9-12,14,16H,2-8H2,1H3. The highest BCUT2D eigenvalue weighted by atomic mass is 19.4. The van der Waals surface area contributed by atoms with Gasteiger partial charge in [0, 0.05) is 0 Å². The number of hydrogen-bond donors (Lipinski definition) is 0. The average molecular weight is 296 g/mol. The minimum atomic E-state index is -4.35. The number of alkyl halides is 3. The maximum absolute atomic E-state index is 12.6. The van der Waals surface area contributed by atoms with E-state index < -0.39 is 11.7 Å². The molecule has 0 spiro atoms. The van der Waals surface area contributed by atoms with Crippen LogP contribution in [-0.4, -0.2) is 6.18 Å². The number of hydrogen-bond acceptors (Lipinski definition) is 0. The zero-order valence-corrected chi connectivity index (χ0v) is 12.5. The molecule has 0 bridgehead atoms. The molecule has 1 aliphatic rings. The molecule has 0 saturated heterocycles. The predicted octanol–water partition coefficient (Wildman–Crippen LogP) is 6.34. The van der Waals surface area contributed by atoms with E-state index in [1.54, 1.807) is 12.1 Å². The summed E-state index contributed by atoms with van der Waals surface area (Å²) in [6.07, 6.45) is 3.00.